The third-order valence-electron chi connectivity index (χ3n) is 12.2. The van der Waals surface area contributed by atoms with E-state index in [1.165, 1.54) is 22.7 Å². The number of amides is 5. The fourth-order valence-corrected chi connectivity index (χ4v) is 10.8. The lowest BCUT2D eigenvalue weighted by atomic mass is 9.99. The number of carbonyl (C=O) groups is 5. The Morgan fingerprint density at radius 1 is 0.580 bits per heavy atom. The van der Waals surface area contributed by atoms with Gasteiger partial charge in [0.15, 0.2) is 0 Å². The van der Waals surface area contributed by atoms with Crippen LogP contribution in [0.15, 0.2) is 83.8 Å². The molecule has 348 valence electrons. The third-order valence-corrected chi connectivity index (χ3v) is 14.1. The number of ether oxygens (including phenoxy) is 1. The molecule has 20 heteroatoms. The summed E-state index contributed by atoms with van der Waals surface area (Å²) in [6, 6.07) is 19.0. The highest BCUT2D eigenvalue weighted by atomic mass is 32.1. The number of para-hydroxylation sites is 2. The summed E-state index contributed by atoms with van der Waals surface area (Å²) in [6.07, 6.45) is 3.20. The summed E-state index contributed by atoms with van der Waals surface area (Å²) >= 11 is 3.04. The van der Waals surface area contributed by atoms with Gasteiger partial charge in [-0.2, -0.15) is 0 Å². The summed E-state index contributed by atoms with van der Waals surface area (Å²) in [7, 11) is 0. The van der Waals surface area contributed by atoms with Crippen LogP contribution in [-0.4, -0.2) is 122 Å². The summed E-state index contributed by atoms with van der Waals surface area (Å²) in [5.41, 5.74) is 6.16. The third kappa shape index (κ3) is 8.04. The highest BCUT2D eigenvalue weighted by Gasteiger charge is 2.38. The van der Waals surface area contributed by atoms with E-state index in [4.69, 9.17) is 24.7 Å². The molecule has 0 spiro atoms. The van der Waals surface area contributed by atoms with Gasteiger partial charge in [0.1, 0.15) is 5.60 Å². The van der Waals surface area contributed by atoms with Crippen molar-refractivity contribution >= 4 is 129 Å². The first kappa shape index (κ1) is 43.7. The van der Waals surface area contributed by atoms with Crippen molar-refractivity contribution in [2.75, 3.05) is 62.2 Å². The highest BCUT2D eigenvalue weighted by Crippen LogP contribution is 2.40. The van der Waals surface area contributed by atoms with Gasteiger partial charge in [-0.25, -0.2) is 24.7 Å². The van der Waals surface area contributed by atoms with Crippen LogP contribution in [0.4, 0.5) is 16.7 Å². The standard InChI is InChI=1S/C27H26N6O4S.C22H18N6O2S/c1-27(2,3)37-26(36)33-11-9-32(10-12-33)25-29-17-7-5-4-6-15(17)21(30-25)20-19(23(34)31-24(20)35)16-14-28-18-8-13-38-22(16)18;29-20-16(13-11-24-15-5-10-31-19(13)15)17(21(30)27-20)18-12-3-1-2-4-14(12)25-22(26-18)28-8-6-23-7-9-28/h4-8,13-14,28H,9-12H2,1-3H3,(H,31,34,35);1-5,10-11,23-24H,6-9H2,(H,27,29,30). The Morgan fingerprint density at radius 3 is 1.51 bits per heavy atom. The number of imide groups is 2. The van der Waals surface area contributed by atoms with E-state index in [0.717, 1.165) is 63.1 Å². The molecule has 8 aromatic rings. The van der Waals surface area contributed by atoms with Gasteiger partial charge in [-0.1, -0.05) is 36.4 Å². The van der Waals surface area contributed by atoms with Gasteiger partial charge in [-0.15, -0.1) is 22.7 Å². The van der Waals surface area contributed by atoms with Crippen LogP contribution in [0.3, 0.4) is 0 Å². The van der Waals surface area contributed by atoms with Crippen molar-refractivity contribution < 1.29 is 28.7 Å². The Hall–Kier alpha value is -7.81. The number of nitrogens with one attached hydrogen (secondary N) is 5. The first-order valence-corrected chi connectivity index (χ1v) is 24.2. The Bertz CT molecular complexity index is 3490. The van der Waals surface area contributed by atoms with Gasteiger partial charge >= 0.3 is 6.09 Å². The molecule has 0 saturated carbocycles. The van der Waals surface area contributed by atoms with Gasteiger partial charge in [0.05, 0.1) is 65.1 Å². The number of aromatic nitrogens is 6. The average molecular weight is 961 g/mol. The SMILES string of the molecule is CC(C)(C)OC(=O)N1CCN(c2nc(C3=C(c4c[nH]c5ccsc45)C(=O)NC3=O)c3ccccc3n2)CC1.O=C1NC(=O)C(c2c[nH]c3ccsc23)=C1c1nc(N2CCNCC2)nc2ccccc12. The van der Waals surface area contributed by atoms with Gasteiger partial charge in [-0.3, -0.25) is 29.8 Å². The molecule has 2 aromatic carbocycles. The van der Waals surface area contributed by atoms with Crippen LogP contribution in [0.1, 0.15) is 43.3 Å². The minimum absolute atomic E-state index is 0.233. The molecule has 0 unspecified atom stereocenters. The van der Waals surface area contributed by atoms with Crippen molar-refractivity contribution in [1.29, 1.82) is 0 Å². The molecule has 10 heterocycles. The molecule has 5 N–H and O–H groups in total. The number of hydrogen-bond donors (Lipinski definition) is 5. The number of nitrogens with zero attached hydrogens (tertiary/aromatic N) is 7. The maximum Gasteiger partial charge on any atom is 0.410 e. The maximum atomic E-state index is 13.2. The number of H-pyrrole nitrogens is 2. The molecule has 69 heavy (non-hydrogen) atoms. The number of carbonyl (C=O) groups excluding carboxylic acids is 5. The van der Waals surface area contributed by atoms with Crippen molar-refractivity contribution in [2.45, 2.75) is 26.4 Å². The second-order valence-corrected chi connectivity index (χ2v) is 19.6. The van der Waals surface area contributed by atoms with E-state index < -0.39 is 29.2 Å². The largest absolute Gasteiger partial charge is 0.444 e. The second kappa shape index (κ2) is 17.4. The lowest BCUT2D eigenvalue weighted by molar-refractivity contribution is -0.124. The molecular formula is C49H44N12O6S2. The number of thiophene rings is 2. The monoisotopic (exact) mass is 960 g/mol. The maximum absolute atomic E-state index is 13.2. The number of rotatable bonds is 6. The molecule has 12 rings (SSSR count). The molecule has 0 aliphatic carbocycles. The minimum atomic E-state index is -0.566. The van der Waals surface area contributed by atoms with E-state index in [2.05, 4.69) is 30.8 Å². The summed E-state index contributed by atoms with van der Waals surface area (Å²) in [6.45, 7) is 10.7. The van der Waals surface area contributed by atoms with Crippen LogP contribution < -0.4 is 25.8 Å². The van der Waals surface area contributed by atoms with Gasteiger partial charge in [0.2, 0.25) is 11.9 Å². The van der Waals surface area contributed by atoms with E-state index in [9.17, 15) is 24.0 Å². The van der Waals surface area contributed by atoms with Crippen molar-refractivity contribution in [3.8, 4) is 0 Å². The molecule has 4 aliphatic heterocycles. The predicted octanol–water partition coefficient (Wildman–Crippen LogP) is 5.95. The molecule has 2 fully saturated rings. The first-order valence-electron chi connectivity index (χ1n) is 22.4. The van der Waals surface area contributed by atoms with Gasteiger partial charge in [0, 0.05) is 86.7 Å². The quantitative estimate of drug-likeness (QED) is 0.122. The van der Waals surface area contributed by atoms with E-state index in [1.807, 2.05) is 97.1 Å². The van der Waals surface area contributed by atoms with Crippen LogP contribution in [0, 0.1) is 0 Å². The molecule has 18 nitrogen and oxygen atoms in total. The normalized spacial score (nSPS) is 16.9. The minimum Gasteiger partial charge on any atom is -0.444 e. The predicted molar refractivity (Wildman–Crippen MR) is 266 cm³/mol. The molecule has 2 saturated heterocycles. The van der Waals surface area contributed by atoms with Crippen molar-refractivity contribution in [3.63, 3.8) is 0 Å². The zero-order chi connectivity index (χ0) is 47.6. The van der Waals surface area contributed by atoms with E-state index >= 15 is 0 Å². The lowest BCUT2D eigenvalue weighted by Gasteiger charge is -2.35. The number of benzene rings is 2. The van der Waals surface area contributed by atoms with Crippen LogP contribution in [0.5, 0.6) is 0 Å². The summed E-state index contributed by atoms with van der Waals surface area (Å²) in [4.78, 5) is 96.0. The molecular weight excluding hydrogens is 917 g/mol. The Kier molecular flexibility index (Phi) is 11.0. The second-order valence-electron chi connectivity index (χ2n) is 17.8. The average Bonchev–Trinajstić information content (AvgIpc) is 4.22. The van der Waals surface area contributed by atoms with Crippen LogP contribution in [0.2, 0.25) is 0 Å². The fraction of sp³-hybridized carbons (Fsp3) is 0.245. The van der Waals surface area contributed by atoms with Gasteiger partial charge in [0.25, 0.3) is 23.6 Å². The van der Waals surface area contributed by atoms with Crippen molar-refractivity contribution in [2.24, 2.45) is 0 Å². The highest BCUT2D eigenvalue weighted by molar-refractivity contribution is 7.18. The van der Waals surface area contributed by atoms with Crippen molar-refractivity contribution in [3.05, 3.63) is 106 Å². The molecule has 0 atom stereocenters. The summed E-state index contributed by atoms with van der Waals surface area (Å²) in [5, 5.41) is 13.6. The number of hydrogen-bond acceptors (Lipinski definition) is 15. The fourth-order valence-electron chi connectivity index (χ4n) is 9.01. The van der Waals surface area contributed by atoms with E-state index in [0.29, 0.717) is 82.6 Å². The van der Waals surface area contributed by atoms with Crippen LogP contribution in [0.25, 0.3) is 64.5 Å². The van der Waals surface area contributed by atoms with Gasteiger partial charge < -0.3 is 34.7 Å². The number of fused-ring (bicyclic) bond motifs is 4. The van der Waals surface area contributed by atoms with Crippen molar-refractivity contribution in [1.82, 2.24) is 50.8 Å². The topological polar surface area (TPSA) is 224 Å². The lowest BCUT2D eigenvalue weighted by Crippen LogP contribution is -2.50. The zero-order valence-corrected chi connectivity index (χ0v) is 39.3. The molecule has 5 amide bonds. The zero-order valence-electron chi connectivity index (χ0n) is 37.6. The number of aromatic amines is 2. The smallest absolute Gasteiger partial charge is 0.410 e. The first-order chi connectivity index (χ1) is 33.4. The number of anilines is 2. The van der Waals surface area contributed by atoms with Gasteiger partial charge in [-0.05, 0) is 55.8 Å². The number of piperazine rings is 2. The Morgan fingerprint density at radius 2 is 1.03 bits per heavy atom. The molecule has 4 aliphatic rings. The van der Waals surface area contributed by atoms with E-state index in [1.54, 1.807) is 17.3 Å². The Labute approximate surface area is 401 Å². The summed E-state index contributed by atoms with van der Waals surface area (Å²) in [5.74, 6) is -0.752. The molecule has 0 radical (unpaired) electrons. The molecule has 6 aromatic heterocycles. The molecule has 0 bridgehead atoms. The Balaban J connectivity index is 0.000000154. The van der Waals surface area contributed by atoms with Crippen LogP contribution >= 0.6 is 22.7 Å². The summed E-state index contributed by atoms with van der Waals surface area (Å²) < 4.78 is 7.35. The van der Waals surface area contributed by atoms with Crippen LogP contribution in [-0.2, 0) is 23.9 Å². The van der Waals surface area contributed by atoms with E-state index in [-0.39, 0.29) is 11.7 Å².